The second-order valence-electron chi connectivity index (χ2n) is 7.52. The summed E-state index contributed by atoms with van der Waals surface area (Å²) in [6.07, 6.45) is 1.66. The molecule has 5 rings (SSSR count). The van der Waals surface area contributed by atoms with E-state index in [1.807, 2.05) is 31.2 Å². The lowest BCUT2D eigenvalue weighted by Crippen LogP contribution is -2.42. The van der Waals surface area contributed by atoms with Crippen LogP contribution in [-0.2, 0) is 9.53 Å². The largest absolute Gasteiger partial charge is 0.490 e. The number of ether oxygens (including phenoxy) is 3. The van der Waals surface area contributed by atoms with Crippen molar-refractivity contribution in [2.24, 2.45) is 0 Å². The van der Waals surface area contributed by atoms with Crippen LogP contribution in [0.2, 0.25) is 0 Å². The van der Waals surface area contributed by atoms with Crippen LogP contribution in [0, 0.1) is 6.92 Å². The number of aromatic nitrogens is 3. The SMILES string of the molecule is Cc1c(N2CCOCC2=O)ncc2nc3nc(c12)N[C@H](C)c1ccccc1OCCO3. The van der Waals surface area contributed by atoms with E-state index < -0.39 is 0 Å². The lowest BCUT2D eigenvalue weighted by atomic mass is 10.1. The zero-order chi connectivity index (χ0) is 21.4. The van der Waals surface area contributed by atoms with Crippen molar-refractivity contribution in [1.82, 2.24) is 15.0 Å². The summed E-state index contributed by atoms with van der Waals surface area (Å²) in [4.78, 5) is 27.8. The fourth-order valence-electron chi connectivity index (χ4n) is 3.97. The first-order chi connectivity index (χ1) is 15.1. The first kappa shape index (κ1) is 19.5. The summed E-state index contributed by atoms with van der Waals surface area (Å²) in [5.41, 5.74) is 2.50. The fraction of sp³-hybridized carbons (Fsp3) is 0.364. The van der Waals surface area contributed by atoms with Gasteiger partial charge in [0.1, 0.15) is 37.2 Å². The van der Waals surface area contributed by atoms with Crippen LogP contribution in [0.1, 0.15) is 24.1 Å². The Kier molecular flexibility index (Phi) is 5.03. The number of carbonyl (C=O) groups is 1. The lowest BCUT2D eigenvalue weighted by Gasteiger charge is -2.27. The molecule has 1 atom stereocenters. The molecule has 1 saturated heterocycles. The van der Waals surface area contributed by atoms with Gasteiger partial charge in [0.05, 0.1) is 36.3 Å². The van der Waals surface area contributed by atoms with E-state index in [4.69, 9.17) is 14.2 Å². The highest BCUT2D eigenvalue weighted by atomic mass is 16.5. The number of hydrogen-bond acceptors (Lipinski definition) is 8. The van der Waals surface area contributed by atoms with E-state index in [0.717, 1.165) is 22.3 Å². The normalized spacial score (nSPS) is 19.0. The Labute approximate surface area is 179 Å². The number of para-hydroxylation sites is 1. The van der Waals surface area contributed by atoms with Crippen molar-refractivity contribution < 1.29 is 19.0 Å². The maximum Gasteiger partial charge on any atom is 0.319 e. The van der Waals surface area contributed by atoms with E-state index in [2.05, 4.69) is 27.2 Å². The summed E-state index contributed by atoms with van der Waals surface area (Å²) in [7, 11) is 0. The van der Waals surface area contributed by atoms with Gasteiger partial charge in [-0.25, -0.2) is 4.98 Å². The minimum atomic E-state index is -0.109. The molecule has 4 heterocycles. The first-order valence-electron chi connectivity index (χ1n) is 10.3. The second-order valence-corrected chi connectivity index (χ2v) is 7.52. The van der Waals surface area contributed by atoms with Gasteiger partial charge in [0.2, 0.25) is 0 Å². The Morgan fingerprint density at radius 3 is 2.84 bits per heavy atom. The Bertz CT molecular complexity index is 1150. The average Bonchev–Trinajstić information content (AvgIpc) is 2.79. The molecule has 0 aliphatic carbocycles. The molecule has 1 aromatic carbocycles. The molecule has 2 bridgehead atoms. The van der Waals surface area contributed by atoms with Gasteiger partial charge in [-0.1, -0.05) is 18.2 Å². The van der Waals surface area contributed by atoms with E-state index in [-0.39, 0.29) is 24.6 Å². The molecule has 9 nitrogen and oxygen atoms in total. The van der Waals surface area contributed by atoms with Crippen molar-refractivity contribution in [1.29, 1.82) is 0 Å². The molecule has 9 heteroatoms. The van der Waals surface area contributed by atoms with E-state index >= 15 is 0 Å². The van der Waals surface area contributed by atoms with Crippen molar-refractivity contribution in [3.8, 4) is 11.8 Å². The summed E-state index contributed by atoms with van der Waals surface area (Å²) in [6, 6.07) is 8.08. The number of pyridine rings is 1. The average molecular weight is 421 g/mol. The number of aryl methyl sites for hydroxylation is 1. The number of carbonyl (C=O) groups excluding carboxylic acids is 1. The molecule has 160 valence electrons. The number of benzene rings is 1. The predicted molar refractivity (Wildman–Crippen MR) is 115 cm³/mol. The summed E-state index contributed by atoms with van der Waals surface area (Å²) >= 11 is 0. The number of hydrogen-bond donors (Lipinski definition) is 1. The van der Waals surface area contributed by atoms with Crippen LogP contribution in [0.5, 0.6) is 11.8 Å². The van der Waals surface area contributed by atoms with Crippen LogP contribution >= 0.6 is 0 Å². The molecule has 2 aromatic heterocycles. The van der Waals surface area contributed by atoms with Crippen LogP contribution in [0.4, 0.5) is 11.6 Å². The van der Waals surface area contributed by atoms with Crippen molar-refractivity contribution in [2.45, 2.75) is 19.9 Å². The van der Waals surface area contributed by atoms with Crippen LogP contribution in [0.3, 0.4) is 0 Å². The highest BCUT2D eigenvalue weighted by molar-refractivity contribution is 6.00. The van der Waals surface area contributed by atoms with E-state index in [1.165, 1.54) is 0 Å². The highest BCUT2D eigenvalue weighted by Gasteiger charge is 2.26. The van der Waals surface area contributed by atoms with Gasteiger partial charge < -0.3 is 19.5 Å². The Balaban J connectivity index is 1.64. The third kappa shape index (κ3) is 3.61. The van der Waals surface area contributed by atoms with Gasteiger partial charge >= 0.3 is 6.01 Å². The van der Waals surface area contributed by atoms with E-state index in [0.29, 0.717) is 43.5 Å². The summed E-state index contributed by atoms with van der Waals surface area (Å²) in [5, 5.41) is 4.30. The minimum Gasteiger partial charge on any atom is -0.490 e. The van der Waals surface area contributed by atoms with Crippen molar-refractivity contribution in [3.63, 3.8) is 0 Å². The second kappa shape index (κ2) is 7.99. The molecular formula is C22H23N5O4. The third-order valence-corrected chi connectivity index (χ3v) is 5.49. The number of morpholine rings is 1. The molecule has 3 aromatic rings. The Morgan fingerprint density at radius 1 is 1.13 bits per heavy atom. The van der Waals surface area contributed by atoms with Crippen LogP contribution < -0.4 is 19.7 Å². The standard InChI is InChI=1S/C22H23N5O4/c1-13-19-16(11-23-21(13)27-7-8-29-12-18(27)28)25-22-26-20(19)24-14(2)15-5-3-4-6-17(15)30-9-10-31-22/h3-6,11,14H,7-10,12H2,1-2H3,(H,24,25,26)/t14-/m1/s1. The third-order valence-electron chi connectivity index (χ3n) is 5.49. The Morgan fingerprint density at radius 2 is 1.97 bits per heavy atom. The molecule has 2 aliphatic rings. The summed E-state index contributed by atoms with van der Waals surface area (Å²) in [6.45, 7) is 5.69. The van der Waals surface area contributed by atoms with E-state index in [1.54, 1.807) is 11.1 Å². The topological polar surface area (TPSA) is 98.7 Å². The quantitative estimate of drug-likeness (QED) is 0.640. The fourth-order valence-corrected chi connectivity index (χ4v) is 3.97. The molecule has 31 heavy (non-hydrogen) atoms. The van der Waals surface area contributed by atoms with Gasteiger partial charge in [-0.2, -0.15) is 9.97 Å². The molecule has 0 saturated carbocycles. The van der Waals surface area contributed by atoms with Gasteiger partial charge in [-0.05, 0) is 19.9 Å². The van der Waals surface area contributed by atoms with Crippen molar-refractivity contribution in [3.05, 3.63) is 41.6 Å². The van der Waals surface area contributed by atoms with Gasteiger partial charge in [0, 0.05) is 11.1 Å². The lowest BCUT2D eigenvalue weighted by molar-refractivity contribution is -0.125. The van der Waals surface area contributed by atoms with Gasteiger partial charge in [0.15, 0.2) is 0 Å². The van der Waals surface area contributed by atoms with Gasteiger partial charge in [0.25, 0.3) is 5.91 Å². The van der Waals surface area contributed by atoms with Gasteiger partial charge in [-0.15, -0.1) is 0 Å². The first-order valence-corrected chi connectivity index (χ1v) is 10.3. The smallest absolute Gasteiger partial charge is 0.319 e. The molecule has 0 radical (unpaired) electrons. The molecule has 1 amide bonds. The monoisotopic (exact) mass is 421 g/mol. The zero-order valence-electron chi connectivity index (χ0n) is 17.4. The number of nitrogens with one attached hydrogen (secondary N) is 1. The predicted octanol–water partition coefficient (Wildman–Crippen LogP) is 2.64. The summed E-state index contributed by atoms with van der Waals surface area (Å²) in [5.74, 6) is 1.92. The highest BCUT2D eigenvalue weighted by Crippen LogP contribution is 2.35. The minimum absolute atomic E-state index is 0.0569. The van der Waals surface area contributed by atoms with Crippen molar-refractivity contribution in [2.75, 3.05) is 43.2 Å². The number of rotatable bonds is 1. The molecule has 2 aliphatic heterocycles. The molecule has 0 spiro atoms. The van der Waals surface area contributed by atoms with Crippen LogP contribution in [-0.4, -0.2) is 53.8 Å². The molecule has 0 unspecified atom stereocenters. The maximum absolute atomic E-state index is 12.4. The van der Waals surface area contributed by atoms with Gasteiger partial charge in [-0.3, -0.25) is 9.69 Å². The van der Waals surface area contributed by atoms with Crippen LogP contribution in [0.25, 0.3) is 10.9 Å². The number of amides is 1. The van der Waals surface area contributed by atoms with Crippen molar-refractivity contribution >= 4 is 28.4 Å². The zero-order valence-corrected chi connectivity index (χ0v) is 17.4. The molecule has 1 N–H and O–H groups in total. The number of fused-ring (bicyclic) bond motifs is 5. The number of nitrogens with zero attached hydrogens (tertiary/aromatic N) is 4. The van der Waals surface area contributed by atoms with E-state index in [9.17, 15) is 4.79 Å². The Hall–Kier alpha value is -3.46. The summed E-state index contributed by atoms with van der Waals surface area (Å²) < 4.78 is 16.9. The number of anilines is 2. The molecule has 1 fully saturated rings. The van der Waals surface area contributed by atoms with Crippen LogP contribution in [0.15, 0.2) is 30.5 Å². The molecular weight excluding hydrogens is 398 g/mol. The maximum atomic E-state index is 12.4.